The van der Waals surface area contributed by atoms with E-state index >= 15 is 0 Å². The second-order valence-corrected chi connectivity index (χ2v) is 8.69. The maximum Gasteiger partial charge on any atom is 0.272 e. The van der Waals surface area contributed by atoms with Crippen LogP contribution in [0.2, 0.25) is 0 Å². The molecule has 166 valence electrons. The Morgan fingerprint density at radius 2 is 2.03 bits per heavy atom. The number of amides is 3. The van der Waals surface area contributed by atoms with Crippen LogP contribution in [-0.4, -0.2) is 70.3 Å². The summed E-state index contributed by atoms with van der Waals surface area (Å²) in [5.74, 6) is -0.834. The molecule has 0 saturated heterocycles. The molecule has 3 amide bonds. The van der Waals surface area contributed by atoms with Gasteiger partial charge in [0.15, 0.2) is 5.69 Å². The van der Waals surface area contributed by atoms with Crippen LogP contribution in [0.4, 0.5) is 0 Å². The van der Waals surface area contributed by atoms with Crippen LogP contribution in [-0.2, 0) is 16.1 Å². The van der Waals surface area contributed by atoms with E-state index in [1.807, 2.05) is 13.8 Å². The fourth-order valence-corrected chi connectivity index (χ4v) is 3.93. The average molecular weight is 420 g/mol. The first kappa shape index (κ1) is 22.3. The molecule has 1 aromatic rings. The number of carbonyl (C=O) groups is 3. The van der Waals surface area contributed by atoms with Gasteiger partial charge in [0.25, 0.3) is 11.8 Å². The molecule has 1 fully saturated rings. The van der Waals surface area contributed by atoms with Crippen LogP contribution in [0.5, 0.6) is 0 Å². The molecule has 1 aliphatic heterocycles. The average Bonchev–Trinajstić information content (AvgIpc) is 3.35. The van der Waals surface area contributed by atoms with Gasteiger partial charge in [-0.05, 0) is 40.0 Å². The lowest BCUT2D eigenvalue weighted by atomic mass is 9.95. The van der Waals surface area contributed by atoms with Crippen LogP contribution in [0, 0.1) is 0 Å². The molecule has 9 nitrogen and oxygen atoms in total. The van der Waals surface area contributed by atoms with Crippen LogP contribution < -0.4 is 10.6 Å². The highest BCUT2D eigenvalue weighted by Gasteiger charge is 2.46. The van der Waals surface area contributed by atoms with E-state index in [2.05, 4.69) is 15.7 Å². The number of nitrogens with zero attached hydrogens (tertiary/aromatic N) is 3. The van der Waals surface area contributed by atoms with Crippen molar-refractivity contribution in [2.24, 2.45) is 0 Å². The number of carbonyl (C=O) groups excluding carboxylic acids is 3. The number of ether oxygens (including phenoxy) is 1. The molecular formula is C21H33N5O4. The first-order valence-electron chi connectivity index (χ1n) is 10.8. The molecule has 30 heavy (non-hydrogen) atoms. The summed E-state index contributed by atoms with van der Waals surface area (Å²) in [6.07, 6.45) is 5.02. The van der Waals surface area contributed by atoms with Gasteiger partial charge < -0.3 is 20.3 Å². The molecule has 2 heterocycles. The number of hydrogen-bond acceptors (Lipinski definition) is 5. The normalized spacial score (nSPS) is 21.8. The summed E-state index contributed by atoms with van der Waals surface area (Å²) in [4.78, 5) is 39.8. The van der Waals surface area contributed by atoms with Crippen molar-refractivity contribution in [3.63, 3.8) is 0 Å². The second kappa shape index (κ2) is 9.16. The fraction of sp³-hybridized carbons (Fsp3) is 0.714. The molecule has 3 rings (SSSR count). The van der Waals surface area contributed by atoms with Gasteiger partial charge >= 0.3 is 0 Å². The zero-order chi connectivity index (χ0) is 21.9. The van der Waals surface area contributed by atoms with Gasteiger partial charge in [-0.1, -0.05) is 12.8 Å². The third-order valence-electron chi connectivity index (χ3n) is 5.97. The quantitative estimate of drug-likeness (QED) is 0.619. The van der Waals surface area contributed by atoms with Gasteiger partial charge in [0.05, 0.1) is 12.6 Å². The SMILES string of the molecule is CC(C)OCCCNC(=O)c1cc2n(n1)CC(C)(C(=O)NC1CCCC1)N(C)C2=O. The summed E-state index contributed by atoms with van der Waals surface area (Å²) >= 11 is 0. The van der Waals surface area contributed by atoms with Crippen molar-refractivity contribution in [1.29, 1.82) is 0 Å². The van der Waals surface area contributed by atoms with Crippen LogP contribution in [0.25, 0.3) is 0 Å². The Kier molecular flexibility index (Phi) is 6.80. The van der Waals surface area contributed by atoms with Gasteiger partial charge in [-0.3, -0.25) is 19.1 Å². The van der Waals surface area contributed by atoms with Gasteiger partial charge in [0.2, 0.25) is 5.91 Å². The molecule has 2 N–H and O–H groups in total. The number of fused-ring (bicyclic) bond motifs is 1. The van der Waals surface area contributed by atoms with E-state index in [-0.39, 0.29) is 42.1 Å². The molecule has 9 heteroatoms. The number of hydrogen-bond donors (Lipinski definition) is 2. The van der Waals surface area contributed by atoms with Gasteiger partial charge in [-0.15, -0.1) is 0 Å². The minimum Gasteiger partial charge on any atom is -0.379 e. The summed E-state index contributed by atoms with van der Waals surface area (Å²) in [7, 11) is 1.63. The highest BCUT2D eigenvalue weighted by molar-refractivity contribution is 6.01. The van der Waals surface area contributed by atoms with E-state index in [9.17, 15) is 14.4 Å². The first-order chi connectivity index (χ1) is 14.2. The van der Waals surface area contributed by atoms with E-state index < -0.39 is 5.54 Å². The summed E-state index contributed by atoms with van der Waals surface area (Å²) in [5.41, 5.74) is -0.561. The molecule has 1 atom stereocenters. The summed E-state index contributed by atoms with van der Waals surface area (Å²) in [6.45, 7) is 6.90. The molecular weight excluding hydrogens is 386 g/mol. The minimum atomic E-state index is -1.05. The Hall–Kier alpha value is -2.42. The third kappa shape index (κ3) is 4.66. The van der Waals surface area contributed by atoms with Gasteiger partial charge in [-0.2, -0.15) is 5.10 Å². The lowest BCUT2D eigenvalue weighted by Crippen LogP contribution is -2.63. The lowest BCUT2D eigenvalue weighted by Gasteiger charge is -2.41. The fourth-order valence-electron chi connectivity index (χ4n) is 3.93. The Morgan fingerprint density at radius 3 is 2.70 bits per heavy atom. The molecule has 0 bridgehead atoms. The standard InChI is InChI=1S/C21H33N5O4/c1-14(2)30-11-7-10-22-18(27)16-12-17-19(28)25(4)21(3,13-26(17)24-16)20(29)23-15-8-5-6-9-15/h12,14-15H,5-11,13H2,1-4H3,(H,22,27)(H,23,29). The van der Waals surface area contributed by atoms with Crippen molar-refractivity contribution in [2.45, 2.75) is 77.1 Å². The zero-order valence-electron chi connectivity index (χ0n) is 18.4. The lowest BCUT2D eigenvalue weighted by molar-refractivity contribution is -0.133. The van der Waals surface area contributed by atoms with Gasteiger partial charge in [0.1, 0.15) is 11.2 Å². The van der Waals surface area contributed by atoms with E-state index in [4.69, 9.17) is 4.74 Å². The van der Waals surface area contributed by atoms with E-state index in [0.29, 0.717) is 25.3 Å². The maximum absolute atomic E-state index is 13.0. The van der Waals surface area contributed by atoms with Crippen LogP contribution >= 0.6 is 0 Å². The first-order valence-corrected chi connectivity index (χ1v) is 10.8. The predicted molar refractivity (Wildman–Crippen MR) is 111 cm³/mol. The summed E-state index contributed by atoms with van der Waals surface area (Å²) in [5, 5.41) is 10.2. The molecule has 0 aromatic carbocycles. The third-order valence-corrected chi connectivity index (χ3v) is 5.97. The molecule has 1 saturated carbocycles. The number of nitrogens with one attached hydrogen (secondary N) is 2. The number of rotatable bonds is 8. The monoisotopic (exact) mass is 419 g/mol. The number of likely N-dealkylation sites (N-methyl/N-ethyl adjacent to an activating group) is 1. The minimum absolute atomic E-state index is 0.156. The Bertz CT molecular complexity index is 799. The molecule has 1 unspecified atom stereocenters. The number of aromatic nitrogens is 2. The Labute approximate surface area is 177 Å². The highest BCUT2D eigenvalue weighted by Crippen LogP contribution is 2.27. The van der Waals surface area contributed by atoms with Crippen molar-refractivity contribution in [1.82, 2.24) is 25.3 Å². The van der Waals surface area contributed by atoms with Gasteiger partial charge in [0, 0.05) is 32.3 Å². The van der Waals surface area contributed by atoms with Gasteiger partial charge in [-0.25, -0.2) is 0 Å². The van der Waals surface area contributed by atoms with Crippen molar-refractivity contribution in [2.75, 3.05) is 20.2 Å². The topological polar surface area (TPSA) is 106 Å². The summed E-state index contributed by atoms with van der Waals surface area (Å²) < 4.78 is 6.93. The second-order valence-electron chi connectivity index (χ2n) is 8.69. The van der Waals surface area contributed by atoms with Crippen molar-refractivity contribution in [3.8, 4) is 0 Å². The smallest absolute Gasteiger partial charge is 0.272 e. The maximum atomic E-state index is 13.0. The largest absolute Gasteiger partial charge is 0.379 e. The van der Waals surface area contributed by atoms with Crippen LogP contribution in [0.3, 0.4) is 0 Å². The van der Waals surface area contributed by atoms with Crippen LogP contribution in [0.15, 0.2) is 6.07 Å². The molecule has 1 aromatic heterocycles. The van der Waals surface area contributed by atoms with Crippen LogP contribution in [0.1, 0.15) is 73.9 Å². The van der Waals surface area contributed by atoms with Crippen molar-refractivity contribution < 1.29 is 19.1 Å². The Balaban J connectivity index is 1.65. The van der Waals surface area contributed by atoms with Crippen molar-refractivity contribution in [3.05, 3.63) is 17.5 Å². The Morgan fingerprint density at radius 1 is 1.33 bits per heavy atom. The van der Waals surface area contributed by atoms with E-state index in [1.54, 1.807) is 14.0 Å². The van der Waals surface area contributed by atoms with E-state index in [1.165, 1.54) is 15.6 Å². The molecule has 0 radical (unpaired) electrons. The van der Waals surface area contributed by atoms with E-state index in [0.717, 1.165) is 25.7 Å². The molecule has 2 aliphatic rings. The predicted octanol–water partition coefficient (Wildman–Crippen LogP) is 1.33. The van der Waals surface area contributed by atoms with Crippen molar-refractivity contribution >= 4 is 17.7 Å². The highest BCUT2D eigenvalue weighted by atomic mass is 16.5. The zero-order valence-corrected chi connectivity index (χ0v) is 18.4. The summed E-state index contributed by atoms with van der Waals surface area (Å²) in [6, 6.07) is 1.66. The molecule has 0 spiro atoms. The molecule has 1 aliphatic carbocycles.